The zero-order valence-corrected chi connectivity index (χ0v) is 23.0. The van der Waals surface area contributed by atoms with Crippen molar-refractivity contribution in [2.45, 2.75) is 30.8 Å². The number of benzene rings is 3. The molecule has 2 N–H and O–H groups in total. The van der Waals surface area contributed by atoms with Crippen molar-refractivity contribution in [2.24, 2.45) is 0 Å². The lowest BCUT2D eigenvalue weighted by atomic mass is 10.1. The van der Waals surface area contributed by atoms with E-state index in [-0.39, 0.29) is 24.7 Å². The van der Waals surface area contributed by atoms with Crippen molar-refractivity contribution in [3.05, 3.63) is 83.0 Å². The van der Waals surface area contributed by atoms with Gasteiger partial charge in [0, 0.05) is 35.1 Å². The number of aliphatic carboxylic acids is 1. The van der Waals surface area contributed by atoms with Gasteiger partial charge in [0.15, 0.2) is 11.5 Å². The van der Waals surface area contributed by atoms with E-state index in [9.17, 15) is 18.3 Å². The number of halogens is 1. The number of hydrogen-bond donors (Lipinski definition) is 2. The molecule has 1 aromatic heterocycles. The first kappa shape index (κ1) is 27.4. The maximum atomic E-state index is 13.1. The van der Waals surface area contributed by atoms with Crippen LogP contribution in [0.2, 0.25) is 5.02 Å². The summed E-state index contributed by atoms with van der Waals surface area (Å²) in [7, 11) is -4.15. The van der Waals surface area contributed by atoms with E-state index in [2.05, 4.69) is 16.6 Å². The molecule has 2 heterocycles. The van der Waals surface area contributed by atoms with Crippen LogP contribution >= 0.6 is 11.6 Å². The molecule has 0 saturated heterocycles. The Hall–Kier alpha value is -4.17. The van der Waals surface area contributed by atoms with E-state index >= 15 is 0 Å². The molecule has 4 aromatic rings. The highest BCUT2D eigenvalue weighted by Crippen LogP contribution is 2.34. The second kappa shape index (κ2) is 11.5. The summed E-state index contributed by atoms with van der Waals surface area (Å²) in [5, 5.41) is 11.2. The number of rotatable bonds is 10. The zero-order valence-electron chi connectivity index (χ0n) is 21.4. The standard InChI is InChI=1S/C29H25ClN2O7S/c1-2-3-12-37-22-6-8-23(9-7-22)40(35,36)31-25(29(33)34)14-20-17-32(26-10-5-21(30)15-24(20)26)16-19-4-11-27-28(13-19)39-18-38-27/h4-11,13,15,17,25,31H,12,14,16,18H2,1H3,(H,33,34). The molecule has 0 aliphatic carbocycles. The van der Waals surface area contributed by atoms with Gasteiger partial charge in [-0.2, -0.15) is 4.72 Å². The van der Waals surface area contributed by atoms with Gasteiger partial charge in [-0.1, -0.05) is 23.6 Å². The van der Waals surface area contributed by atoms with Crippen molar-refractivity contribution in [2.75, 3.05) is 13.4 Å². The molecule has 0 fully saturated rings. The Bertz CT molecular complexity index is 1740. The van der Waals surface area contributed by atoms with Crippen molar-refractivity contribution >= 4 is 38.5 Å². The minimum absolute atomic E-state index is 0.0824. The molecule has 0 radical (unpaired) electrons. The number of carboxylic acid groups (broad SMARTS) is 1. The Balaban J connectivity index is 1.39. The van der Waals surface area contributed by atoms with Gasteiger partial charge in [-0.15, -0.1) is 5.92 Å². The molecule has 0 saturated carbocycles. The van der Waals surface area contributed by atoms with Gasteiger partial charge < -0.3 is 23.9 Å². The Labute approximate surface area is 236 Å². The largest absolute Gasteiger partial charge is 0.481 e. The van der Waals surface area contributed by atoms with E-state index in [1.165, 1.54) is 24.3 Å². The summed E-state index contributed by atoms with van der Waals surface area (Å²) in [6.07, 6.45) is 1.72. The van der Waals surface area contributed by atoms with E-state index in [0.29, 0.717) is 34.4 Å². The van der Waals surface area contributed by atoms with Gasteiger partial charge in [0.05, 0.1) is 4.90 Å². The summed E-state index contributed by atoms with van der Waals surface area (Å²) in [6, 6.07) is 15.3. The summed E-state index contributed by atoms with van der Waals surface area (Å²) >= 11 is 6.28. The van der Waals surface area contributed by atoms with Gasteiger partial charge in [-0.25, -0.2) is 8.42 Å². The Kier molecular flexibility index (Phi) is 7.89. The van der Waals surface area contributed by atoms with Crippen molar-refractivity contribution in [3.8, 4) is 29.1 Å². The second-order valence-corrected chi connectivity index (χ2v) is 11.2. The number of carboxylic acids is 1. The summed E-state index contributed by atoms with van der Waals surface area (Å²) < 4.78 is 46.8. The van der Waals surface area contributed by atoms with E-state index in [1.807, 2.05) is 35.0 Å². The molecule has 9 nitrogen and oxygen atoms in total. The molecular formula is C29H25ClN2O7S. The first-order valence-electron chi connectivity index (χ1n) is 12.3. The molecule has 1 atom stereocenters. The van der Waals surface area contributed by atoms with Gasteiger partial charge in [-0.3, -0.25) is 4.79 Å². The van der Waals surface area contributed by atoms with Crippen molar-refractivity contribution < 1.29 is 32.5 Å². The Morgan fingerprint density at radius 2 is 1.90 bits per heavy atom. The van der Waals surface area contributed by atoms with Crippen LogP contribution in [0.4, 0.5) is 0 Å². The average Bonchev–Trinajstić information content (AvgIpc) is 3.52. The summed E-state index contributed by atoms with van der Waals surface area (Å²) in [4.78, 5) is 12.1. The van der Waals surface area contributed by atoms with Crippen LogP contribution in [-0.2, 0) is 27.8 Å². The van der Waals surface area contributed by atoms with E-state index in [0.717, 1.165) is 16.5 Å². The molecule has 1 aliphatic rings. The Morgan fingerprint density at radius 1 is 1.12 bits per heavy atom. The fourth-order valence-corrected chi connectivity index (χ4v) is 5.80. The third-order valence-electron chi connectivity index (χ3n) is 6.36. The van der Waals surface area contributed by atoms with Crippen LogP contribution in [0.3, 0.4) is 0 Å². The van der Waals surface area contributed by atoms with Crippen LogP contribution in [0.1, 0.15) is 18.1 Å². The number of nitrogens with zero attached hydrogens (tertiary/aromatic N) is 1. The molecule has 0 bridgehead atoms. The Morgan fingerprint density at radius 3 is 2.65 bits per heavy atom. The normalized spacial score (nSPS) is 13.1. The summed E-state index contributed by atoms with van der Waals surface area (Å²) in [6.45, 7) is 2.51. The van der Waals surface area contributed by atoms with Crippen LogP contribution in [0.25, 0.3) is 10.9 Å². The van der Waals surface area contributed by atoms with Crippen LogP contribution in [0, 0.1) is 11.8 Å². The monoisotopic (exact) mass is 580 g/mol. The highest BCUT2D eigenvalue weighted by molar-refractivity contribution is 7.89. The fourth-order valence-electron chi connectivity index (χ4n) is 4.43. The summed E-state index contributed by atoms with van der Waals surface area (Å²) in [5.41, 5.74) is 2.41. The molecule has 206 valence electrons. The zero-order chi connectivity index (χ0) is 28.3. The lowest BCUT2D eigenvalue weighted by molar-refractivity contribution is -0.138. The lowest BCUT2D eigenvalue weighted by Crippen LogP contribution is -2.42. The van der Waals surface area contributed by atoms with E-state index in [1.54, 1.807) is 19.1 Å². The van der Waals surface area contributed by atoms with Gasteiger partial charge in [-0.05, 0) is 72.6 Å². The van der Waals surface area contributed by atoms with Crippen LogP contribution in [0.5, 0.6) is 17.2 Å². The number of fused-ring (bicyclic) bond motifs is 2. The quantitative estimate of drug-likeness (QED) is 0.266. The number of sulfonamides is 1. The summed E-state index contributed by atoms with van der Waals surface area (Å²) in [5.74, 6) is 5.94. The second-order valence-electron chi connectivity index (χ2n) is 9.03. The maximum Gasteiger partial charge on any atom is 0.322 e. The fraction of sp³-hybridized carbons (Fsp3) is 0.207. The molecule has 3 aromatic carbocycles. The molecule has 11 heteroatoms. The molecule has 0 spiro atoms. The maximum absolute atomic E-state index is 13.1. The molecule has 1 unspecified atom stereocenters. The van der Waals surface area contributed by atoms with E-state index < -0.39 is 22.0 Å². The minimum atomic E-state index is -4.15. The highest BCUT2D eigenvalue weighted by Gasteiger charge is 2.27. The smallest absolute Gasteiger partial charge is 0.322 e. The van der Waals surface area contributed by atoms with Crippen LogP contribution < -0.4 is 18.9 Å². The minimum Gasteiger partial charge on any atom is -0.481 e. The first-order chi connectivity index (χ1) is 19.2. The number of carbonyl (C=O) groups is 1. The third-order valence-corrected chi connectivity index (χ3v) is 8.08. The van der Waals surface area contributed by atoms with Crippen molar-refractivity contribution in [3.63, 3.8) is 0 Å². The predicted molar refractivity (Wildman–Crippen MR) is 149 cm³/mol. The molecule has 40 heavy (non-hydrogen) atoms. The average molecular weight is 581 g/mol. The number of hydrogen-bond acceptors (Lipinski definition) is 6. The highest BCUT2D eigenvalue weighted by atomic mass is 35.5. The molecule has 5 rings (SSSR count). The van der Waals surface area contributed by atoms with Gasteiger partial charge in [0.25, 0.3) is 0 Å². The SMILES string of the molecule is CC#CCOc1ccc(S(=O)(=O)NC(Cc2cn(Cc3ccc4c(c3)OCO4)c3ccc(Cl)cc23)C(=O)O)cc1. The topological polar surface area (TPSA) is 116 Å². The van der Waals surface area contributed by atoms with Crippen LogP contribution in [-0.4, -0.2) is 43.5 Å². The number of ether oxygens (including phenoxy) is 3. The molecule has 0 amide bonds. The molecule has 1 aliphatic heterocycles. The molecular weight excluding hydrogens is 556 g/mol. The first-order valence-corrected chi connectivity index (χ1v) is 14.1. The van der Waals surface area contributed by atoms with Gasteiger partial charge >= 0.3 is 5.97 Å². The third kappa shape index (κ3) is 6.02. The van der Waals surface area contributed by atoms with E-state index in [4.69, 9.17) is 25.8 Å². The lowest BCUT2D eigenvalue weighted by Gasteiger charge is -2.15. The predicted octanol–water partition coefficient (Wildman–Crippen LogP) is 4.45. The number of aromatic nitrogens is 1. The van der Waals surface area contributed by atoms with Gasteiger partial charge in [0.1, 0.15) is 18.4 Å². The van der Waals surface area contributed by atoms with Crippen molar-refractivity contribution in [1.29, 1.82) is 0 Å². The van der Waals surface area contributed by atoms with Crippen LogP contribution in [0.15, 0.2) is 71.8 Å². The number of nitrogens with one attached hydrogen (secondary N) is 1. The van der Waals surface area contributed by atoms with Crippen molar-refractivity contribution in [1.82, 2.24) is 9.29 Å². The van der Waals surface area contributed by atoms with Gasteiger partial charge in [0.2, 0.25) is 16.8 Å².